The molecule has 0 unspecified atom stereocenters. The normalized spacial score (nSPS) is 11.7. The Morgan fingerprint density at radius 2 is 1.83 bits per heavy atom. The average Bonchev–Trinajstić information content (AvgIpc) is 2.91. The summed E-state index contributed by atoms with van der Waals surface area (Å²) in [7, 11) is 0. The third-order valence-electron chi connectivity index (χ3n) is 3.81. The summed E-state index contributed by atoms with van der Waals surface area (Å²) in [5.74, 6) is 0.580. The number of nitriles is 1. The van der Waals surface area contributed by atoms with Gasteiger partial charge in [0.05, 0.1) is 11.6 Å². The lowest BCUT2D eigenvalue weighted by molar-refractivity contribution is 0.591. The van der Waals surface area contributed by atoms with Crippen molar-refractivity contribution in [2.24, 2.45) is 0 Å². The largest absolute Gasteiger partial charge is 0.436 e. The Hall–Kier alpha value is -2.12. The van der Waals surface area contributed by atoms with Gasteiger partial charge in [-0.2, -0.15) is 5.26 Å². The molecule has 0 saturated carbocycles. The van der Waals surface area contributed by atoms with E-state index in [0.29, 0.717) is 11.5 Å². The number of benzene rings is 2. The molecule has 0 radical (unpaired) electrons. The smallest absolute Gasteiger partial charge is 0.227 e. The second-order valence-electron chi connectivity index (χ2n) is 6.68. The highest BCUT2D eigenvalue weighted by Crippen LogP contribution is 2.36. The first kappa shape index (κ1) is 15.8. The zero-order chi connectivity index (χ0) is 16.8. The Kier molecular flexibility index (Phi) is 3.77. The standard InChI is InChI=1S/C19H17BrN2O/c1-11-9-13(10-21)15(19(2,3)4)16-17(11)23-18(22-16)12-5-7-14(20)8-6-12/h5-9H,1-4H3. The van der Waals surface area contributed by atoms with Crippen LogP contribution < -0.4 is 0 Å². The van der Waals surface area contributed by atoms with Crippen LogP contribution in [0.25, 0.3) is 22.6 Å². The number of halogens is 1. The number of fused-ring (bicyclic) bond motifs is 1. The Labute approximate surface area is 144 Å². The first-order valence-corrected chi connectivity index (χ1v) is 8.21. The molecular weight excluding hydrogens is 352 g/mol. The van der Waals surface area contributed by atoms with Crippen LogP contribution in [0, 0.1) is 18.3 Å². The van der Waals surface area contributed by atoms with Gasteiger partial charge in [0, 0.05) is 15.6 Å². The summed E-state index contributed by atoms with van der Waals surface area (Å²) in [6.45, 7) is 8.22. The molecule has 1 heterocycles. The van der Waals surface area contributed by atoms with Crippen molar-refractivity contribution in [3.8, 4) is 17.5 Å². The summed E-state index contributed by atoms with van der Waals surface area (Å²) < 4.78 is 7.03. The highest BCUT2D eigenvalue weighted by molar-refractivity contribution is 9.10. The van der Waals surface area contributed by atoms with Crippen molar-refractivity contribution in [3.63, 3.8) is 0 Å². The van der Waals surface area contributed by atoms with Gasteiger partial charge in [-0.15, -0.1) is 0 Å². The number of hydrogen-bond acceptors (Lipinski definition) is 3. The lowest BCUT2D eigenvalue weighted by Crippen LogP contribution is -2.14. The van der Waals surface area contributed by atoms with E-state index in [2.05, 4.69) is 42.8 Å². The minimum Gasteiger partial charge on any atom is -0.436 e. The van der Waals surface area contributed by atoms with Crippen LogP contribution in [0.4, 0.5) is 0 Å². The summed E-state index contributed by atoms with van der Waals surface area (Å²) in [4.78, 5) is 4.72. The van der Waals surface area contributed by atoms with Crippen molar-refractivity contribution in [1.82, 2.24) is 4.98 Å². The van der Waals surface area contributed by atoms with E-state index in [1.165, 1.54) is 0 Å². The third-order valence-corrected chi connectivity index (χ3v) is 4.34. The molecule has 23 heavy (non-hydrogen) atoms. The van der Waals surface area contributed by atoms with Gasteiger partial charge in [0.2, 0.25) is 5.89 Å². The number of nitrogens with zero attached hydrogens (tertiary/aromatic N) is 2. The minimum absolute atomic E-state index is 0.190. The molecule has 0 fully saturated rings. The second kappa shape index (κ2) is 5.50. The van der Waals surface area contributed by atoms with Crippen molar-refractivity contribution in [2.45, 2.75) is 33.1 Å². The Balaban J connectivity index is 2.33. The fourth-order valence-corrected chi connectivity index (χ4v) is 3.07. The molecule has 1 aromatic heterocycles. The van der Waals surface area contributed by atoms with Crippen molar-refractivity contribution in [2.75, 3.05) is 0 Å². The van der Waals surface area contributed by atoms with Gasteiger partial charge >= 0.3 is 0 Å². The molecule has 3 rings (SSSR count). The van der Waals surface area contributed by atoms with Gasteiger partial charge in [0.25, 0.3) is 0 Å². The van der Waals surface area contributed by atoms with E-state index in [4.69, 9.17) is 9.40 Å². The molecule has 0 spiro atoms. The minimum atomic E-state index is -0.190. The average molecular weight is 369 g/mol. The fraction of sp³-hybridized carbons (Fsp3) is 0.263. The molecule has 4 heteroatoms. The zero-order valence-corrected chi connectivity index (χ0v) is 15.2. The molecule has 0 aliphatic heterocycles. The fourth-order valence-electron chi connectivity index (χ4n) is 2.80. The molecule has 0 aliphatic carbocycles. The van der Waals surface area contributed by atoms with E-state index in [1.54, 1.807) is 0 Å². The van der Waals surface area contributed by atoms with Crippen molar-refractivity contribution in [3.05, 3.63) is 51.5 Å². The number of hydrogen-bond donors (Lipinski definition) is 0. The quantitative estimate of drug-likeness (QED) is 0.550. The number of rotatable bonds is 1. The van der Waals surface area contributed by atoms with E-state index in [9.17, 15) is 5.26 Å². The maximum Gasteiger partial charge on any atom is 0.227 e. The van der Waals surface area contributed by atoms with Crippen LogP contribution in [0.15, 0.2) is 39.2 Å². The molecular formula is C19H17BrN2O. The second-order valence-corrected chi connectivity index (χ2v) is 7.60. The van der Waals surface area contributed by atoms with Gasteiger partial charge in [-0.1, -0.05) is 36.7 Å². The van der Waals surface area contributed by atoms with E-state index >= 15 is 0 Å². The van der Waals surface area contributed by atoms with Crippen molar-refractivity contribution < 1.29 is 4.42 Å². The molecule has 0 saturated heterocycles. The van der Waals surface area contributed by atoms with E-state index in [1.807, 2.05) is 37.3 Å². The number of oxazole rings is 1. The predicted molar refractivity (Wildman–Crippen MR) is 95.3 cm³/mol. The van der Waals surface area contributed by atoms with Crippen LogP contribution >= 0.6 is 15.9 Å². The van der Waals surface area contributed by atoms with Gasteiger partial charge in [-0.3, -0.25) is 0 Å². The number of aryl methyl sites for hydroxylation is 1. The van der Waals surface area contributed by atoms with Gasteiger partial charge in [0.1, 0.15) is 5.52 Å². The molecule has 0 atom stereocenters. The third kappa shape index (κ3) is 2.77. The molecule has 0 bridgehead atoms. The lowest BCUT2D eigenvalue weighted by Gasteiger charge is -2.21. The summed E-state index contributed by atoms with van der Waals surface area (Å²) in [6.07, 6.45) is 0. The van der Waals surface area contributed by atoms with Crippen molar-refractivity contribution in [1.29, 1.82) is 5.26 Å². The highest BCUT2D eigenvalue weighted by atomic mass is 79.9. The van der Waals surface area contributed by atoms with Crippen LogP contribution in [0.5, 0.6) is 0 Å². The Bertz CT molecular complexity index is 925. The van der Waals surface area contributed by atoms with E-state index in [0.717, 1.165) is 32.3 Å². The molecule has 0 amide bonds. The molecule has 0 aliphatic rings. The van der Waals surface area contributed by atoms with Crippen LogP contribution in [0.1, 0.15) is 37.5 Å². The van der Waals surface area contributed by atoms with Crippen LogP contribution in [0.2, 0.25) is 0 Å². The Morgan fingerprint density at radius 1 is 1.17 bits per heavy atom. The van der Waals surface area contributed by atoms with E-state index in [-0.39, 0.29) is 5.41 Å². The van der Waals surface area contributed by atoms with Crippen LogP contribution in [-0.4, -0.2) is 4.98 Å². The van der Waals surface area contributed by atoms with Gasteiger partial charge < -0.3 is 4.42 Å². The lowest BCUT2D eigenvalue weighted by atomic mass is 9.82. The maximum atomic E-state index is 9.51. The maximum absolute atomic E-state index is 9.51. The summed E-state index contributed by atoms with van der Waals surface area (Å²) in [5, 5.41) is 9.51. The van der Waals surface area contributed by atoms with Gasteiger partial charge in [-0.05, 0) is 48.2 Å². The monoisotopic (exact) mass is 368 g/mol. The first-order valence-electron chi connectivity index (χ1n) is 7.42. The van der Waals surface area contributed by atoms with Crippen molar-refractivity contribution >= 4 is 27.0 Å². The molecule has 3 aromatic rings. The first-order chi connectivity index (χ1) is 10.8. The van der Waals surface area contributed by atoms with Crippen LogP contribution in [0.3, 0.4) is 0 Å². The topological polar surface area (TPSA) is 49.8 Å². The SMILES string of the molecule is Cc1cc(C#N)c(C(C)(C)C)c2nc(-c3ccc(Br)cc3)oc12. The molecule has 2 aromatic carbocycles. The molecule has 3 nitrogen and oxygen atoms in total. The predicted octanol–water partition coefficient (Wildman–Crippen LogP) is 5.73. The zero-order valence-electron chi connectivity index (χ0n) is 13.6. The summed E-state index contributed by atoms with van der Waals surface area (Å²) >= 11 is 3.43. The van der Waals surface area contributed by atoms with Gasteiger partial charge in [-0.25, -0.2) is 4.98 Å². The molecule has 0 N–H and O–H groups in total. The van der Waals surface area contributed by atoms with E-state index < -0.39 is 0 Å². The van der Waals surface area contributed by atoms with Crippen LogP contribution in [-0.2, 0) is 5.41 Å². The summed E-state index contributed by atoms with van der Waals surface area (Å²) in [6, 6.07) is 12.0. The summed E-state index contributed by atoms with van der Waals surface area (Å²) in [5.41, 5.74) is 4.80. The number of aromatic nitrogens is 1. The van der Waals surface area contributed by atoms with Gasteiger partial charge in [0.15, 0.2) is 5.58 Å². The Morgan fingerprint density at radius 3 is 2.39 bits per heavy atom. The highest BCUT2D eigenvalue weighted by Gasteiger charge is 2.26. The molecule has 116 valence electrons.